The summed E-state index contributed by atoms with van der Waals surface area (Å²) in [6.45, 7) is 2.46. The summed E-state index contributed by atoms with van der Waals surface area (Å²) in [6.07, 6.45) is 5.00. The number of carbonyl (C=O) groups is 2. The molecule has 0 saturated carbocycles. The Kier molecular flexibility index (Phi) is 11.1. The number of aromatic hydroxyl groups is 2. The van der Waals surface area contributed by atoms with Gasteiger partial charge in [0.2, 0.25) is 0 Å². The van der Waals surface area contributed by atoms with Gasteiger partial charge in [0.15, 0.2) is 11.8 Å². The quantitative estimate of drug-likeness (QED) is 0.0898. The molecule has 2 aliphatic rings. The third-order valence-corrected chi connectivity index (χ3v) is 11.8. The Morgan fingerprint density at radius 3 is 1.39 bits per heavy atom. The van der Waals surface area contributed by atoms with Crippen LogP contribution in [0.2, 0.25) is 10.0 Å². The lowest BCUT2D eigenvalue weighted by atomic mass is 9.96. The van der Waals surface area contributed by atoms with Gasteiger partial charge in [0.05, 0.1) is 96.4 Å². The standard InChI is InChI=1S/C46H41Cl2N9O4/c1-57(2,21-5-19-53-27-37-39(43(53)58)41(31-15-11-29(25-49)12-16-31)51-45(60)55(37)35-9-3-7-33(47)23-35)22-6-20-54-28-38-40(44(54)59)42(32-17-13-30(26-50)14-18-32)52-46(61)56(38)36-10-4-8-34(48)24-36/h3-4,7-18,23-24,27-28,41-42H,5-6,19-22H2,1-2H3,(H3-,51,52,58,59,60,61)/p+1/t41-,42-/m1/s1. The highest BCUT2D eigenvalue weighted by Crippen LogP contribution is 2.47. The fourth-order valence-electron chi connectivity index (χ4n) is 8.28. The third kappa shape index (κ3) is 8.07. The van der Waals surface area contributed by atoms with Crippen molar-refractivity contribution >= 4 is 58.0 Å². The van der Waals surface area contributed by atoms with Crippen molar-refractivity contribution in [1.29, 1.82) is 10.5 Å². The molecule has 4 heterocycles. The first-order chi connectivity index (χ1) is 29.3. The second-order valence-electron chi connectivity index (χ2n) is 15.8. The topological polar surface area (TPSA) is 163 Å². The van der Waals surface area contributed by atoms with Gasteiger partial charge in [0.25, 0.3) is 0 Å². The lowest BCUT2D eigenvalue weighted by Gasteiger charge is -2.33. The molecule has 0 bridgehead atoms. The molecule has 0 fully saturated rings. The lowest BCUT2D eigenvalue weighted by Crippen LogP contribution is -2.44. The van der Waals surface area contributed by atoms with E-state index in [4.69, 9.17) is 23.2 Å². The van der Waals surface area contributed by atoms with E-state index in [1.807, 2.05) is 0 Å². The molecule has 0 radical (unpaired) electrons. The number of urea groups is 2. The smallest absolute Gasteiger partial charge is 0.327 e. The Bertz CT molecular complexity index is 2550. The predicted molar refractivity (Wildman–Crippen MR) is 234 cm³/mol. The number of nitrogens with zero attached hydrogens (tertiary/aromatic N) is 7. The van der Waals surface area contributed by atoms with E-state index < -0.39 is 12.1 Å². The van der Waals surface area contributed by atoms with E-state index in [1.54, 1.807) is 119 Å². The monoisotopic (exact) mass is 854 g/mol. The van der Waals surface area contributed by atoms with E-state index in [-0.39, 0.29) is 23.8 Å². The molecule has 6 aromatic rings. The average Bonchev–Trinajstić information content (AvgIpc) is 3.74. The summed E-state index contributed by atoms with van der Waals surface area (Å²) in [4.78, 5) is 30.4. The lowest BCUT2D eigenvalue weighted by molar-refractivity contribution is -0.890. The Balaban J connectivity index is 0.993. The fraction of sp³-hybridized carbons (Fsp3) is 0.217. The second-order valence-corrected chi connectivity index (χ2v) is 16.7. The SMILES string of the molecule is C[N+](C)(CCCn1cc2c(c1O)[C@@H](c1ccc(C#N)cc1)NC(=O)N2c1cccc(Cl)c1)CCCn1cc2c(c1O)[C@@H](c1ccc(C#N)cc1)NC(=O)N2c1cccc(Cl)c1. The summed E-state index contributed by atoms with van der Waals surface area (Å²) in [5.41, 5.74) is 5.69. The molecule has 8 rings (SSSR count). The summed E-state index contributed by atoms with van der Waals surface area (Å²) in [5, 5.41) is 49.3. The van der Waals surface area contributed by atoms with Gasteiger partial charge in [0.1, 0.15) is 0 Å². The van der Waals surface area contributed by atoms with Gasteiger partial charge in [-0.15, -0.1) is 0 Å². The number of halogens is 2. The van der Waals surface area contributed by atoms with Crippen molar-refractivity contribution in [3.05, 3.63) is 153 Å². The number of aromatic nitrogens is 2. The van der Waals surface area contributed by atoms with Crippen LogP contribution in [-0.2, 0) is 13.1 Å². The number of hydrogen-bond acceptors (Lipinski definition) is 6. The molecular formula is C46H42Cl2N9O4+. The van der Waals surface area contributed by atoms with Gasteiger partial charge in [0, 0.05) is 48.4 Å². The number of quaternary nitrogens is 1. The van der Waals surface area contributed by atoms with Crippen molar-refractivity contribution in [3.63, 3.8) is 0 Å². The Morgan fingerprint density at radius 2 is 1.03 bits per heavy atom. The molecule has 0 spiro atoms. The molecule has 0 unspecified atom stereocenters. The van der Waals surface area contributed by atoms with Gasteiger partial charge in [-0.25, -0.2) is 9.59 Å². The van der Waals surface area contributed by atoms with Crippen LogP contribution in [0.5, 0.6) is 11.8 Å². The van der Waals surface area contributed by atoms with E-state index in [2.05, 4.69) is 36.9 Å². The number of anilines is 4. The van der Waals surface area contributed by atoms with Crippen molar-refractivity contribution in [2.24, 2.45) is 0 Å². The highest BCUT2D eigenvalue weighted by molar-refractivity contribution is 6.31. The Labute approximate surface area is 363 Å². The zero-order valence-corrected chi connectivity index (χ0v) is 34.9. The molecule has 4 N–H and O–H groups in total. The number of nitrogens with one attached hydrogen (secondary N) is 2. The van der Waals surface area contributed by atoms with Gasteiger partial charge in [-0.3, -0.25) is 9.80 Å². The van der Waals surface area contributed by atoms with Crippen LogP contribution >= 0.6 is 23.2 Å². The van der Waals surface area contributed by atoms with Crippen molar-refractivity contribution in [3.8, 4) is 23.9 Å². The number of amides is 4. The number of aryl methyl sites for hydroxylation is 2. The van der Waals surface area contributed by atoms with Gasteiger partial charge in [-0.05, 0) is 71.8 Å². The fourth-order valence-corrected chi connectivity index (χ4v) is 8.65. The van der Waals surface area contributed by atoms with Crippen LogP contribution in [0, 0.1) is 22.7 Å². The van der Waals surface area contributed by atoms with Crippen LogP contribution in [0.15, 0.2) is 109 Å². The highest BCUT2D eigenvalue weighted by atomic mass is 35.5. The molecule has 13 nitrogen and oxygen atoms in total. The zero-order valence-electron chi connectivity index (χ0n) is 33.4. The first-order valence-electron chi connectivity index (χ1n) is 19.7. The van der Waals surface area contributed by atoms with Crippen molar-refractivity contribution in [1.82, 2.24) is 19.8 Å². The van der Waals surface area contributed by atoms with E-state index >= 15 is 0 Å². The number of rotatable bonds is 12. The summed E-state index contributed by atoms with van der Waals surface area (Å²) in [6, 6.07) is 30.0. The van der Waals surface area contributed by atoms with Crippen LogP contribution in [0.1, 0.15) is 58.3 Å². The van der Waals surface area contributed by atoms with E-state index in [0.717, 1.165) is 24.2 Å². The van der Waals surface area contributed by atoms with Crippen molar-refractivity contribution in [2.45, 2.75) is 38.0 Å². The Morgan fingerprint density at radius 1 is 0.639 bits per heavy atom. The van der Waals surface area contributed by atoms with Crippen LogP contribution in [-0.4, -0.2) is 63.1 Å². The molecular weight excluding hydrogens is 813 g/mol. The minimum absolute atomic E-state index is 0.0350. The second kappa shape index (κ2) is 16.6. The van der Waals surface area contributed by atoms with Gasteiger partial charge < -0.3 is 34.5 Å². The average molecular weight is 856 g/mol. The van der Waals surface area contributed by atoms with E-state index in [0.29, 0.717) is 85.5 Å². The van der Waals surface area contributed by atoms with Crippen molar-refractivity contribution in [2.75, 3.05) is 37.0 Å². The molecule has 4 aromatic carbocycles. The maximum Gasteiger partial charge on any atom is 0.327 e. The molecule has 2 aromatic heterocycles. The largest absolute Gasteiger partial charge is 0.494 e. The first-order valence-corrected chi connectivity index (χ1v) is 20.5. The maximum atomic E-state index is 13.7. The summed E-state index contributed by atoms with van der Waals surface area (Å²) >= 11 is 12.7. The number of benzene rings is 4. The molecule has 15 heteroatoms. The van der Waals surface area contributed by atoms with E-state index in [9.17, 15) is 30.3 Å². The summed E-state index contributed by atoms with van der Waals surface area (Å²) in [7, 11) is 4.27. The van der Waals surface area contributed by atoms with Crippen LogP contribution in [0.4, 0.5) is 32.3 Å². The number of carbonyl (C=O) groups excluding carboxylic acids is 2. The van der Waals surface area contributed by atoms with Gasteiger partial charge in [-0.1, -0.05) is 59.6 Å². The summed E-state index contributed by atoms with van der Waals surface area (Å²) in [5.74, 6) is 0.0701. The minimum atomic E-state index is -0.652. The molecule has 308 valence electrons. The number of hydrogen-bond donors (Lipinski definition) is 4. The van der Waals surface area contributed by atoms with Crippen LogP contribution in [0.3, 0.4) is 0 Å². The van der Waals surface area contributed by atoms with Crippen LogP contribution < -0.4 is 20.4 Å². The first kappa shape index (κ1) is 40.9. The highest BCUT2D eigenvalue weighted by Gasteiger charge is 2.39. The van der Waals surface area contributed by atoms with Gasteiger partial charge in [-0.2, -0.15) is 10.5 Å². The summed E-state index contributed by atoms with van der Waals surface area (Å²) < 4.78 is 4.19. The molecule has 2 atom stereocenters. The molecule has 0 saturated heterocycles. The maximum absolute atomic E-state index is 13.7. The van der Waals surface area contributed by atoms with Crippen LogP contribution in [0.25, 0.3) is 0 Å². The molecule has 2 aliphatic heterocycles. The molecule has 61 heavy (non-hydrogen) atoms. The van der Waals surface area contributed by atoms with Crippen molar-refractivity contribution < 1.29 is 24.3 Å². The number of fused-ring (bicyclic) bond motifs is 2. The van der Waals surface area contributed by atoms with E-state index in [1.165, 1.54) is 9.80 Å². The minimum Gasteiger partial charge on any atom is -0.494 e. The normalized spacial score (nSPS) is 16.0. The zero-order chi connectivity index (χ0) is 43.0. The number of nitriles is 2. The third-order valence-electron chi connectivity index (χ3n) is 11.3. The Hall–Kier alpha value is -6.90. The van der Waals surface area contributed by atoms with Gasteiger partial charge >= 0.3 is 12.1 Å². The molecule has 4 amide bonds. The molecule has 0 aliphatic carbocycles. The predicted octanol–water partition coefficient (Wildman–Crippen LogP) is 9.21.